The van der Waals surface area contributed by atoms with Crippen LogP contribution in [0.25, 0.3) is 0 Å². The number of carbonyl (C=O) groups is 2. The average Bonchev–Trinajstić information content (AvgIpc) is 1.89. The number of carboxylic acid groups (broad SMARTS) is 2. The maximum atomic E-state index is 9.13. The smallest absolute Gasteiger partial charge is 0.870 e. The number of rotatable bonds is 2. The van der Waals surface area contributed by atoms with E-state index in [0.29, 0.717) is 0 Å². The monoisotopic (exact) mass is 217 g/mol. The molecule has 8 heteroatoms. The maximum Gasteiger partial charge on any atom is 3.00 e. The van der Waals surface area contributed by atoms with E-state index in [1.165, 1.54) is 0 Å². The van der Waals surface area contributed by atoms with Crippen LogP contribution in [0.5, 0.6) is 0 Å². The number of hydrogen-bond donors (Lipinski definition) is 2. The summed E-state index contributed by atoms with van der Waals surface area (Å²) in [6.07, 6.45) is 0. The Hall–Kier alpha value is -0.648. The van der Waals surface area contributed by atoms with Gasteiger partial charge in [0.2, 0.25) is 0 Å². The van der Waals surface area contributed by atoms with E-state index in [1.807, 2.05) is 0 Å². The second kappa shape index (κ2) is 16.8. The van der Waals surface area contributed by atoms with E-state index in [1.54, 1.807) is 0 Å². The standard InChI is InChI=1S/2C2H5NO2.Cr.H2O/c2*3-1-2(4)5;;/h2*1,3H2,(H,4,5);;1H2/q;;+3;/p-3. The molecule has 0 unspecified atom stereocenters. The Bertz CT molecular complexity index is 106. The molecule has 0 aromatic heterocycles. The number of nitrogens with two attached hydrogens (primary N) is 2. The quantitative estimate of drug-likeness (QED) is 0.468. The zero-order chi connectivity index (χ0) is 8.57. The second-order valence-corrected chi connectivity index (χ2v) is 1.15. The molecular formula is C4H9CrN2O5. The molecule has 0 aliphatic carbocycles. The third-order valence-electron chi connectivity index (χ3n) is 0.333. The molecule has 0 saturated heterocycles. The normalized spacial score (nSPS) is 6.17. The summed E-state index contributed by atoms with van der Waals surface area (Å²) in [4.78, 5) is 18.3. The molecule has 5 N–H and O–H groups in total. The Morgan fingerprint density at radius 2 is 1.08 bits per heavy atom. The third-order valence-corrected chi connectivity index (χ3v) is 0.333. The number of carbonyl (C=O) groups excluding carboxylic acids is 2. The van der Waals surface area contributed by atoms with Gasteiger partial charge in [0, 0.05) is 13.1 Å². The summed E-state index contributed by atoms with van der Waals surface area (Å²) in [5.74, 6) is -2.44. The molecule has 7 nitrogen and oxygen atoms in total. The molecule has 0 rings (SSSR count). The molecule has 0 aliphatic rings. The molecule has 0 aromatic rings. The second-order valence-electron chi connectivity index (χ2n) is 1.15. The summed E-state index contributed by atoms with van der Waals surface area (Å²) in [6.45, 7) is -0.778. The minimum absolute atomic E-state index is 0. The molecule has 0 atom stereocenters. The molecular weight excluding hydrogens is 208 g/mol. The topological polar surface area (TPSA) is 162 Å². The maximum absolute atomic E-state index is 9.13. The van der Waals surface area contributed by atoms with Gasteiger partial charge in [0.15, 0.2) is 0 Å². The predicted molar refractivity (Wildman–Crippen MR) is 30.1 cm³/mol. The van der Waals surface area contributed by atoms with Crippen molar-refractivity contribution in [2.24, 2.45) is 11.5 Å². The first-order chi connectivity index (χ1) is 4.54. The zero-order valence-electron chi connectivity index (χ0n) is 6.06. The van der Waals surface area contributed by atoms with E-state index in [9.17, 15) is 0 Å². The predicted octanol–water partition coefficient (Wildman–Crippen LogP) is -4.79. The molecule has 71 valence electrons. The van der Waals surface area contributed by atoms with Crippen molar-refractivity contribution in [2.75, 3.05) is 13.1 Å². The van der Waals surface area contributed by atoms with Crippen molar-refractivity contribution in [2.45, 2.75) is 0 Å². The summed E-state index contributed by atoms with van der Waals surface area (Å²) in [6, 6.07) is 0. The minimum atomic E-state index is -1.22. The van der Waals surface area contributed by atoms with Gasteiger partial charge in [0.25, 0.3) is 0 Å². The fourth-order valence-corrected chi connectivity index (χ4v) is 0. The molecule has 0 aromatic carbocycles. The Morgan fingerprint density at radius 3 is 1.08 bits per heavy atom. The Balaban J connectivity index is -0.0000000457. The van der Waals surface area contributed by atoms with Gasteiger partial charge >= 0.3 is 17.4 Å². The molecule has 0 amide bonds. The van der Waals surface area contributed by atoms with Crippen molar-refractivity contribution in [1.29, 1.82) is 0 Å². The van der Waals surface area contributed by atoms with Gasteiger partial charge in [-0.1, -0.05) is 0 Å². The van der Waals surface area contributed by atoms with Crippen LogP contribution < -0.4 is 21.7 Å². The van der Waals surface area contributed by atoms with Crippen LogP contribution in [0.4, 0.5) is 0 Å². The van der Waals surface area contributed by atoms with Crippen LogP contribution in [0.15, 0.2) is 0 Å². The molecule has 12 heavy (non-hydrogen) atoms. The first-order valence-electron chi connectivity index (χ1n) is 2.34. The van der Waals surface area contributed by atoms with Crippen LogP contribution in [-0.4, -0.2) is 30.5 Å². The molecule has 0 fully saturated rings. The molecule has 0 spiro atoms. The van der Waals surface area contributed by atoms with Crippen molar-refractivity contribution in [3.05, 3.63) is 0 Å². The van der Waals surface area contributed by atoms with E-state index in [-0.39, 0.29) is 35.9 Å². The Kier molecular flexibility index (Phi) is 31.4. The minimum Gasteiger partial charge on any atom is -0.870 e. The van der Waals surface area contributed by atoms with E-state index in [0.717, 1.165) is 0 Å². The van der Waals surface area contributed by atoms with Gasteiger partial charge in [0.1, 0.15) is 0 Å². The van der Waals surface area contributed by atoms with Gasteiger partial charge in [-0.05, 0) is 0 Å². The van der Waals surface area contributed by atoms with Gasteiger partial charge in [-0.25, -0.2) is 0 Å². The molecule has 1 radical (unpaired) electrons. The van der Waals surface area contributed by atoms with Crippen LogP contribution in [0.3, 0.4) is 0 Å². The molecule has 0 saturated carbocycles. The largest absolute Gasteiger partial charge is 3.00 e. The van der Waals surface area contributed by atoms with Crippen molar-refractivity contribution in [3.8, 4) is 0 Å². The van der Waals surface area contributed by atoms with Crippen LogP contribution in [0, 0.1) is 0 Å². The first-order valence-corrected chi connectivity index (χ1v) is 2.34. The van der Waals surface area contributed by atoms with Crippen LogP contribution in [0.1, 0.15) is 0 Å². The van der Waals surface area contributed by atoms with Crippen molar-refractivity contribution >= 4 is 11.9 Å². The molecule has 0 heterocycles. The molecule has 0 bridgehead atoms. The van der Waals surface area contributed by atoms with Crippen LogP contribution in [-0.2, 0) is 27.0 Å². The Labute approximate surface area is 79.8 Å². The van der Waals surface area contributed by atoms with Crippen molar-refractivity contribution < 1.29 is 42.6 Å². The summed E-state index contributed by atoms with van der Waals surface area (Å²) < 4.78 is 0. The fraction of sp³-hybridized carbons (Fsp3) is 0.500. The van der Waals surface area contributed by atoms with E-state index in [2.05, 4.69) is 11.5 Å². The number of carboxylic acids is 2. The average molecular weight is 217 g/mol. The van der Waals surface area contributed by atoms with Gasteiger partial charge in [-0.2, -0.15) is 0 Å². The SMILES string of the molecule is NCC(=O)[O-].NCC(=O)[O-].[Cr+3].[OH-]. The zero-order valence-corrected chi connectivity index (χ0v) is 7.33. The molecule has 0 aliphatic heterocycles. The van der Waals surface area contributed by atoms with Crippen molar-refractivity contribution in [1.82, 2.24) is 0 Å². The first kappa shape index (κ1) is 22.5. The van der Waals surface area contributed by atoms with E-state index in [4.69, 9.17) is 19.8 Å². The summed E-state index contributed by atoms with van der Waals surface area (Å²) >= 11 is 0. The van der Waals surface area contributed by atoms with Crippen molar-refractivity contribution in [3.63, 3.8) is 0 Å². The van der Waals surface area contributed by atoms with Gasteiger partial charge in [0.05, 0.1) is 11.9 Å². The van der Waals surface area contributed by atoms with E-state index < -0.39 is 11.9 Å². The van der Waals surface area contributed by atoms with Crippen LogP contribution >= 0.6 is 0 Å². The Morgan fingerprint density at radius 1 is 1.00 bits per heavy atom. The van der Waals surface area contributed by atoms with Gasteiger partial charge < -0.3 is 36.7 Å². The number of aliphatic carboxylic acids is 2. The summed E-state index contributed by atoms with van der Waals surface area (Å²) in [5, 5.41) is 18.3. The van der Waals surface area contributed by atoms with Gasteiger partial charge in [-0.15, -0.1) is 0 Å². The fourth-order valence-electron chi connectivity index (χ4n) is 0. The number of hydrogen-bond acceptors (Lipinski definition) is 7. The summed E-state index contributed by atoms with van der Waals surface area (Å²) in [7, 11) is 0. The van der Waals surface area contributed by atoms with Gasteiger partial charge in [-0.3, -0.25) is 0 Å². The third kappa shape index (κ3) is 58.1. The van der Waals surface area contributed by atoms with E-state index >= 15 is 0 Å². The summed E-state index contributed by atoms with van der Waals surface area (Å²) in [5.41, 5.74) is 9.02. The van der Waals surface area contributed by atoms with Crippen LogP contribution in [0.2, 0.25) is 0 Å².